The van der Waals surface area contributed by atoms with Crippen molar-refractivity contribution in [2.24, 2.45) is 4.99 Å². The molecular formula is C8H13NO2S. The molecule has 0 amide bonds. The first-order chi connectivity index (χ1) is 5.38. The molecular weight excluding hydrogens is 174 g/mol. The van der Waals surface area contributed by atoms with Crippen LogP contribution < -0.4 is 0 Å². The van der Waals surface area contributed by atoms with E-state index in [9.17, 15) is 8.42 Å². The molecule has 0 spiro atoms. The lowest BCUT2D eigenvalue weighted by atomic mass is 10.4. The minimum Gasteiger partial charge on any atom is -0.245 e. The zero-order valence-corrected chi connectivity index (χ0v) is 8.35. The second-order valence-electron chi connectivity index (χ2n) is 2.50. The van der Waals surface area contributed by atoms with E-state index in [4.69, 9.17) is 0 Å². The number of aliphatic imine (C=N–C) groups is 1. The summed E-state index contributed by atoms with van der Waals surface area (Å²) in [6.07, 6.45) is 4.00. The van der Waals surface area contributed by atoms with E-state index < -0.39 is 9.84 Å². The standard InChI is InChI=1S/C8H13NO2S/c1-5-8(12(4,10)11)9-6-7(2)3/h5-6H,2H2,1,3-4H3/b8-5+,9-6?. The van der Waals surface area contributed by atoms with Crippen LogP contribution in [0.1, 0.15) is 13.8 Å². The van der Waals surface area contributed by atoms with Crippen LogP contribution in [0.25, 0.3) is 0 Å². The van der Waals surface area contributed by atoms with Gasteiger partial charge in [-0.15, -0.1) is 0 Å². The molecule has 0 saturated heterocycles. The van der Waals surface area contributed by atoms with Crippen LogP contribution in [0.4, 0.5) is 0 Å². The van der Waals surface area contributed by atoms with Crippen LogP contribution in [-0.2, 0) is 9.84 Å². The van der Waals surface area contributed by atoms with Crippen molar-refractivity contribution in [3.05, 3.63) is 23.3 Å². The van der Waals surface area contributed by atoms with Crippen molar-refractivity contribution in [2.45, 2.75) is 13.8 Å². The number of nitrogens with zero attached hydrogens (tertiary/aromatic N) is 1. The number of hydrogen-bond donors (Lipinski definition) is 0. The first kappa shape index (κ1) is 11.1. The molecule has 0 aliphatic rings. The average Bonchev–Trinajstić information content (AvgIpc) is 1.85. The van der Waals surface area contributed by atoms with Gasteiger partial charge in [-0.25, -0.2) is 13.4 Å². The molecule has 0 radical (unpaired) electrons. The van der Waals surface area contributed by atoms with Gasteiger partial charge < -0.3 is 0 Å². The van der Waals surface area contributed by atoms with Crippen LogP contribution in [0.15, 0.2) is 28.2 Å². The molecule has 0 bridgehead atoms. The van der Waals surface area contributed by atoms with Crippen molar-refractivity contribution in [3.8, 4) is 0 Å². The molecule has 0 aromatic rings. The third-order valence-corrected chi connectivity index (χ3v) is 2.14. The van der Waals surface area contributed by atoms with E-state index in [2.05, 4.69) is 11.6 Å². The van der Waals surface area contributed by atoms with Gasteiger partial charge in [0, 0.05) is 12.5 Å². The summed E-state index contributed by atoms with van der Waals surface area (Å²) in [6, 6.07) is 0. The summed E-state index contributed by atoms with van der Waals surface area (Å²) >= 11 is 0. The molecule has 4 heteroatoms. The lowest BCUT2D eigenvalue weighted by Gasteiger charge is -1.95. The van der Waals surface area contributed by atoms with Crippen LogP contribution in [0, 0.1) is 0 Å². The van der Waals surface area contributed by atoms with E-state index in [1.54, 1.807) is 13.8 Å². The molecule has 0 fully saturated rings. The Labute approximate surface area is 73.4 Å². The van der Waals surface area contributed by atoms with E-state index in [-0.39, 0.29) is 5.03 Å². The molecule has 0 N–H and O–H groups in total. The van der Waals surface area contributed by atoms with E-state index in [0.29, 0.717) is 0 Å². The van der Waals surface area contributed by atoms with Gasteiger partial charge in [-0.2, -0.15) is 0 Å². The molecule has 0 heterocycles. The average molecular weight is 187 g/mol. The van der Waals surface area contributed by atoms with Crippen molar-refractivity contribution in [3.63, 3.8) is 0 Å². The van der Waals surface area contributed by atoms with Gasteiger partial charge in [0.1, 0.15) is 0 Å². The van der Waals surface area contributed by atoms with Gasteiger partial charge in [-0.3, -0.25) is 0 Å². The summed E-state index contributed by atoms with van der Waals surface area (Å²) in [4.78, 5) is 3.76. The normalized spacial score (nSPS) is 13.8. The molecule has 0 rings (SSSR count). The van der Waals surface area contributed by atoms with Crippen LogP contribution >= 0.6 is 0 Å². The van der Waals surface area contributed by atoms with E-state index in [1.165, 1.54) is 12.3 Å². The van der Waals surface area contributed by atoms with E-state index in [0.717, 1.165) is 11.8 Å². The van der Waals surface area contributed by atoms with Crippen molar-refractivity contribution in [1.29, 1.82) is 0 Å². The van der Waals surface area contributed by atoms with Crippen LogP contribution in [-0.4, -0.2) is 20.9 Å². The predicted molar refractivity (Wildman–Crippen MR) is 51.9 cm³/mol. The summed E-state index contributed by atoms with van der Waals surface area (Å²) < 4.78 is 21.9. The van der Waals surface area contributed by atoms with Crippen molar-refractivity contribution < 1.29 is 8.42 Å². The van der Waals surface area contributed by atoms with Gasteiger partial charge in [-0.1, -0.05) is 12.7 Å². The lowest BCUT2D eigenvalue weighted by molar-refractivity contribution is 0.607. The SMILES string of the molecule is C=C(C)C=N/C(=C\C)S(C)(=O)=O. The first-order valence-electron chi connectivity index (χ1n) is 3.44. The topological polar surface area (TPSA) is 46.5 Å². The fourth-order valence-electron chi connectivity index (χ4n) is 0.558. The highest BCUT2D eigenvalue weighted by atomic mass is 32.2. The highest BCUT2D eigenvalue weighted by Gasteiger charge is 2.06. The Hall–Kier alpha value is -0.900. The maximum absolute atomic E-state index is 11.0. The van der Waals surface area contributed by atoms with Gasteiger partial charge in [0.25, 0.3) is 0 Å². The van der Waals surface area contributed by atoms with E-state index in [1.807, 2.05) is 0 Å². The molecule has 0 unspecified atom stereocenters. The maximum Gasteiger partial charge on any atom is 0.192 e. The van der Waals surface area contributed by atoms with Crippen molar-refractivity contribution >= 4 is 16.1 Å². The third kappa shape index (κ3) is 4.08. The number of allylic oxidation sites excluding steroid dienone is 2. The molecule has 12 heavy (non-hydrogen) atoms. The Bertz CT molecular complexity index is 323. The lowest BCUT2D eigenvalue weighted by Crippen LogP contribution is -1.98. The molecule has 0 aromatic heterocycles. The van der Waals surface area contributed by atoms with Crippen molar-refractivity contribution in [1.82, 2.24) is 0 Å². The molecule has 0 aliphatic carbocycles. The monoisotopic (exact) mass is 187 g/mol. The summed E-state index contributed by atoms with van der Waals surface area (Å²) in [5.74, 6) is 0. The van der Waals surface area contributed by atoms with Gasteiger partial charge in [-0.05, 0) is 19.4 Å². The highest BCUT2D eigenvalue weighted by Crippen LogP contribution is 2.05. The van der Waals surface area contributed by atoms with Crippen LogP contribution in [0.5, 0.6) is 0 Å². The molecule has 0 saturated carbocycles. The van der Waals surface area contributed by atoms with E-state index >= 15 is 0 Å². The minimum absolute atomic E-state index is 0.0745. The minimum atomic E-state index is -3.19. The first-order valence-corrected chi connectivity index (χ1v) is 5.33. The van der Waals surface area contributed by atoms with Gasteiger partial charge >= 0.3 is 0 Å². The Morgan fingerprint density at radius 1 is 1.50 bits per heavy atom. The quantitative estimate of drug-likeness (QED) is 0.629. The molecule has 0 atom stereocenters. The fourth-order valence-corrected chi connectivity index (χ4v) is 1.23. The number of rotatable bonds is 3. The van der Waals surface area contributed by atoms with Crippen molar-refractivity contribution in [2.75, 3.05) is 6.26 Å². The Balaban J connectivity index is 4.77. The molecule has 68 valence electrons. The largest absolute Gasteiger partial charge is 0.245 e. The second-order valence-corrected chi connectivity index (χ2v) is 4.47. The Kier molecular flexibility index (Phi) is 3.89. The summed E-state index contributed by atoms with van der Waals surface area (Å²) in [5.41, 5.74) is 0.720. The molecule has 0 aromatic carbocycles. The maximum atomic E-state index is 11.0. The zero-order chi connectivity index (χ0) is 9.78. The molecule has 0 aliphatic heterocycles. The van der Waals surface area contributed by atoms with Gasteiger partial charge in [0.15, 0.2) is 14.9 Å². The summed E-state index contributed by atoms with van der Waals surface area (Å²) in [6.45, 7) is 6.95. The fraction of sp³-hybridized carbons (Fsp3) is 0.375. The summed E-state index contributed by atoms with van der Waals surface area (Å²) in [7, 11) is -3.19. The predicted octanol–water partition coefficient (Wildman–Crippen LogP) is 1.54. The second kappa shape index (κ2) is 4.21. The Morgan fingerprint density at radius 2 is 2.00 bits per heavy atom. The smallest absolute Gasteiger partial charge is 0.192 e. The summed E-state index contributed by atoms with van der Waals surface area (Å²) in [5, 5.41) is 0.0745. The zero-order valence-electron chi connectivity index (χ0n) is 7.53. The van der Waals surface area contributed by atoms with Crippen LogP contribution in [0.2, 0.25) is 0 Å². The van der Waals surface area contributed by atoms with Gasteiger partial charge in [0.2, 0.25) is 0 Å². The van der Waals surface area contributed by atoms with Gasteiger partial charge in [0.05, 0.1) is 0 Å². The number of hydrogen-bond acceptors (Lipinski definition) is 3. The highest BCUT2D eigenvalue weighted by molar-refractivity contribution is 7.94. The number of sulfone groups is 1. The third-order valence-electron chi connectivity index (χ3n) is 1.04. The van der Waals surface area contributed by atoms with Crippen LogP contribution in [0.3, 0.4) is 0 Å². The molecule has 3 nitrogen and oxygen atoms in total. The Morgan fingerprint density at radius 3 is 2.25 bits per heavy atom.